The van der Waals surface area contributed by atoms with Crippen molar-refractivity contribution in [3.05, 3.63) is 47.8 Å². The van der Waals surface area contributed by atoms with Crippen LogP contribution in [0.25, 0.3) is 10.2 Å². The maximum atomic E-state index is 13.4. The molecule has 0 aliphatic heterocycles. The second kappa shape index (κ2) is 7.17. The van der Waals surface area contributed by atoms with Gasteiger partial charge in [-0.05, 0) is 55.3 Å². The van der Waals surface area contributed by atoms with Crippen molar-refractivity contribution in [3.63, 3.8) is 0 Å². The van der Waals surface area contributed by atoms with E-state index < -0.39 is 25.7 Å². The van der Waals surface area contributed by atoms with Gasteiger partial charge in [0, 0.05) is 0 Å². The van der Waals surface area contributed by atoms with Crippen LogP contribution in [0.15, 0.2) is 45.6 Å². The second-order valence-corrected chi connectivity index (χ2v) is 11.0. The molecule has 0 saturated heterocycles. The van der Waals surface area contributed by atoms with Gasteiger partial charge in [0.25, 0.3) is 10.0 Å². The number of hydrogen-bond donors (Lipinski definition) is 1. The summed E-state index contributed by atoms with van der Waals surface area (Å²) in [7, 11) is -7.34. The largest absolute Gasteiger partial charge is 0.280 e. The third-order valence-corrected chi connectivity index (χ3v) is 8.57. The number of sulfonamides is 1. The fourth-order valence-corrected chi connectivity index (χ4v) is 6.30. The monoisotopic (exact) mass is 428 g/mol. The summed E-state index contributed by atoms with van der Waals surface area (Å²) in [5.41, 5.74) is 0.976. The van der Waals surface area contributed by atoms with E-state index in [1.54, 1.807) is 13.0 Å². The summed E-state index contributed by atoms with van der Waals surface area (Å²) in [5, 5.41) is 0. The number of aromatic nitrogens is 1. The van der Waals surface area contributed by atoms with Crippen molar-refractivity contribution in [2.75, 3.05) is 10.5 Å². The normalized spacial score (nSPS) is 12.4. The lowest BCUT2D eigenvalue weighted by atomic mass is 10.2. The Labute approximate surface area is 161 Å². The lowest BCUT2D eigenvalue weighted by Gasteiger charge is -2.09. The minimum absolute atomic E-state index is 0.0101. The zero-order valence-electron chi connectivity index (χ0n) is 14.6. The van der Waals surface area contributed by atoms with Crippen LogP contribution in [0.3, 0.4) is 0 Å². The topological polar surface area (TPSA) is 93.2 Å². The summed E-state index contributed by atoms with van der Waals surface area (Å²) >= 11 is 1.00. The number of thiazole rings is 1. The lowest BCUT2D eigenvalue weighted by molar-refractivity contribution is 0.593. The van der Waals surface area contributed by atoms with Gasteiger partial charge in [-0.2, -0.15) is 0 Å². The molecule has 0 radical (unpaired) electrons. The fourth-order valence-electron chi connectivity index (χ4n) is 2.45. The first-order chi connectivity index (χ1) is 12.6. The number of anilines is 1. The number of benzene rings is 2. The SMILES string of the molecule is CCCS(=O)(=O)c1nc2ccc(NS(=O)(=O)c3ccc(F)c(C)c3)cc2s1. The first-order valence-corrected chi connectivity index (χ1v) is 12.0. The number of aryl methyl sites for hydroxylation is 1. The van der Waals surface area contributed by atoms with Crippen LogP contribution in [-0.2, 0) is 19.9 Å². The predicted octanol–water partition coefficient (Wildman–Crippen LogP) is 3.73. The number of fused-ring (bicyclic) bond motifs is 1. The van der Waals surface area contributed by atoms with E-state index in [2.05, 4.69) is 9.71 Å². The number of nitrogens with one attached hydrogen (secondary N) is 1. The molecule has 10 heteroatoms. The number of rotatable bonds is 6. The van der Waals surface area contributed by atoms with E-state index in [0.717, 1.165) is 17.4 Å². The molecular weight excluding hydrogens is 411 g/mol. The quantitative estimate of drug-likeness (QED) is 0.646. The van der Waals surface area contributed by atoms with Crippen molar-refractivity contribution < 1.29 is 21.2 Å². The molecule has 0 unspecified atom stereocenters. The molecule has 6 nitrogen and oxygen atoms in total. The van der Waals surface area contributed by atoms with Gasteiger partial charge in [-0.3, -0.25) is 4.72 Å². The summed E-state index contributed by atoms with van der Waals surface area (Å²) in [4.78, 5) is 4.07. The van der Waals surface area contributed by atoms with Crippen molar-refractivity contribution in [3.8, 4) is 0 Å². The Kier molecular flexibility index (Phi) is 5.24. The molecule has 3 rings (SSSR count). The van der Waals surface area contributed by atoms with Gasteiger partial charge in [-0.15, -0.1) is 11.3 Å². The first-order valence-electron chi connectivity index (χ1n) is 8.05. The third-order valence-electron chi connectivity index (χ3n) is 3.80. The number of sulfone groups is 1. The molecule has 27 heavy (non-hydrogen) atoms. The average molecular weight is 429 g/mol. The Morgan fingerprint density at radius 1 is 1.11 bits per heavy atom. The Morgan fingerprint density at radius 3 is 2.52 bits per heavy atom. The van der Waals surface area contributed by atoms with Gasteiger partial charge in [0.05, 0.1) is 26.6 Å². The molecule has 144 valence electrons. The standard InChI is InChI=1S/C17H17FN2O4S3/c1-3-8-26(21,22)17-19-15-7-4-12(10-16(15)25-17)20-27(23,24)13-5-6-14(18)11(2)9-13/h4-7,9-10,20H,3,8H2,1-2H3. The lowest BCUT2D eigenvalue weighted by Crippen LogP contribution is -2.13. The van der Waals surface area contributed by atoms with Crippen LogP contribution >= 0.6 is 11.3 Å². The summed E-state index contributed by atoms with van der Waals surface area (Å²) in [6.45, 7) is 3.25. The van der Waals surface area contributed by atoms with Crippen molar-refractivity contribution in [2.24, 2.45) is 0 Å². The Balaban J connectivity index is 1.94. The van der Waals surface area contributed by atoms with Crippen LogP contribution < -0.4 is 4.72 Å². The summed E-state index contributed by atoms with van der Waals surface area (Å²) in [6, 6.07) is 8.13. The van der Waals surface area contributed by atoms with Crippen molar-refractivity contribution in [1.82, 2.24) is 4.98 Å². The zero-order valence-corrected chi connectivity index (χ0v) is 17.0. The van der Waals surface area contributed by atoms with Crippen LogP contribution in [0.1, 0.15) is 18.9 Å². The molecule has 1 N–H and O–H groups in total. The molecule has 3 aromatic rings. The van der Waals surface area contributed by atoms with Crippen molar-refractivity contribution in [2.45, 2.75) is 29.5 Å². The maximum absolute atomic E-state index is 13.4. The minimum atomic E-state index is -3.90. The predicted molar refractivity (Wildman–Crippen MR) is 104 cm³/mol. The Hall–Kier alpha value is -2.04. The first kappa shape index (κ1) is 19.7. The zero-order chi connectivity index (χ0) is 19.8. The molecule has 0 spiro atoms. The highest BCUT2D eigenvalue weighted by Crippen LogP contribution is 2.29. The second-order valence-electron chi connectivity index (χ2n) is 6.00. The molecule has 0 fully saturated rings. The molecule has 0 aliphatic rings. The van der Waals surface area contributed by atoms with E-state index in [0.29, 0.717) is 16.6 Å². The van der Waals surface area contributed by atoms with Crippen LogP contribution in [0.4, 0.5) is 10.1 Å². The highest BCUT2D eigenvalue weighted by atomic mass is 32.2. The van der Waals surface area contributed by atoms with Gasteiger partial charge < -0.3 is 0 Å². The third kappa shape index (κ3) is 4.12. The highest BCUT2D eigenvalue weighted by molar-refractivity contribution is 7.93. The average Bonchev–Trinajstić information content (AvgIpc) is 3.01. The minimum Gasteiger partial charge on any atom is -0.280 e. The van der Waals surface area contributed by atoms with Crippen LogP contribution in [-0.4, -0.2) is 27.6 Å². The van der Waals surface area contributed by atoms with Gasteiger partial charge in [-0.1, -0.05) is 6.92 Å². The van der Waals surface area contributed by atoms with E-state index in [-0.39, 0.29) is 26.2 Å². The molecular formula is C17H17FN2O4S3. The molecule has 1 heterocycles. The van der Waals surface area contributed by atoms with Gasteiger partial charge in [0.2, 0.25) is 14.2 Å². The van der Waals surface area contributed by atoms with Gasteiger partial charge >= 0.3 is 0 Å². The van der Waals surface area contributed by atoms with Gasteiger partial charge in [-0.25, -0.2) is 26.2 Å². The molecule has 0 bridgehead atoms. The Bertz CT molecular complexity index is 1220. The number of halogens is 1. The van der Waals surface area contributed by atoms with E-state index in [1.165, 1.54) is 31.2 Å². The molecule has 0 aliphatic carbocycles. The molecule has 0 atom stereocenters. The van der Waals surface area contributed by atoms with Gasteiger partial charge in [0.15, 0.2) is 0 Å². The van der Waals surface area contributed by atoms with E-state index in [1.807, 2.05) is 0 Å². The Morgan fingerprint density at radius 2 is 1.85 bits per heavy atom. The number of hydrogen-bond acceptors (Lipinski definition) is 6. The van der Waals surface area contributed by atoms with E-state index in [4.69, 9.17) is 0 Å². The van der Waals surface area contributed by atoms with Crippen molar-refractivity contribution in [1.29, 1.82) is 0 Å². The van der Waals surface area contributed by atoms with E-state index in [9.17, 15) is 21.2 Å². The fraction of sp³-hybridized carbons (Fsp3) is 0.235. The van der Waals surface area contributed by atoms with Gasteiger partial charge in [0.1, 0.15) is 5.82 Å². The number of nitrogens with zero attached hydrogens (tertiary/aromatic N) is 1. The molecule has 0 saturated carbocycles. The molecule has 0 amide bonds. The maximum Gasteiger partial charge on any atom is 0.261 e. The smallest absolute Gasteiger partial charge is 0.261 e. The highest BCUT2D eigenvalue weighted by Gasteiger charge is 2.20. The van der Waals surface area contributed by atoms with Crippen molar-refractivity contribution >= 4 is 47.1 Å². The van der Waals surface area contributed by atoms with Crippen LogP contribution in [0.2, 0.25) is 0 Å². The van der Waals surface area contributed by atoms with Crippen LogP contribution in [0.5, 0.6) is 0 Å². The summed E-state index contributed by atoms with van der Waals surface area (Å²) in [6.07, 6.45) is 0.487. The molecule has 2 aromatic carbocycles. The van der Waals surface area contributed by atoms with E-state index >= 15 is 0 Å². The summed E-state index contributed by atoms with van der Waals surface area (Å²) in [5.74, 6) is -0.475. The van der Waals surface area contributed by atoms with Crippen LogP contribution in [0, 0.1) is 12.7 Å². The summed E-state index contributed by atoms with van der Waals surface area (Å²) < 4.78 is 65.7. The molecule has 1 aromatic heterocycles.